The summed E-state index contributed by atoms with van der Waals surface area (Å²) in [4.78, 5) is 6.48. The second-order valence-electron chi connectivity index (χ2n) is 7.48. The summed E-state index contributed by atoms with van der Waals surface area (Å²) in [5.41, 5.74) is 1.11. The molecule has 1 aliphatic rings. The molecular weight excluding hydrogens is 372 g/mol. The predicted octanol–water partition coefficient (Wildman–Crippen LogP) is 2.37. The van der Waals surface area contributed by atoms with Crippen molar-refractivity contribution in [1.82, 2.24) is 15.5 Å². The summed E-state index contributed by atoms with van der Waals surface area (Å²) in [6.07, 6.45) is 4.24. The van der Waals surface area contributed by atoms with Crippen LogP contribution in [-0.2, 0) is 17.3 Å². The molecule has 0 saturated heterocycles. The van der Waals surface area contributed by atoms with E-state index in [1.54, 1.807) is 7.05 Å². The van der Waals surface area contributed by atoms with E-state index in [9.17, 15) is 4.21 Å². The lowest BCUT2D eigenvalue weighted by molar-refractivity contribution is 0.259. The molecular formula is C21H36N4O2S. The summed E-state index contributed by atoms with van der Waals surface area (Å²) >= 11 is 0. The Morgan fingerprint density at radius 3 is 2.82 bits per heavy atom. The maximum Gasteiger partial charge on any atom is 0.191 e. The second kappa shape index (κ2) is 12.1. The number of hydrogen-bond donors (Lipinski definition) is 2. The number of rotatable bonds is 9. The minimum absolute atomic E-state index is 0.306. The standard InChI is InChI=1S/C21H36N4O2S/c1-5-28(26)19-11-8-10-18(15-19)24-21(22-2)23-16-17-9-6-7-12-20(17)27-14-13-25(3)4/h6-7,9,12,18-19H,5,8,10-11,13-16H2,1-4H3,(H2,22,23,24). The fraction of sp³-hybridized carbons (Fsp3) is 0.667. The molecule has 6 nitrogen and oxygen atoms in total. The molecule has 1 aromatic rings. The molecule has 7 heteroatoms. The molecule has 0 radical (unpaired) electrons. The molecule has 3 unspecified atom stereocenters. The van der Waals surface area contributed by atoms with Crippen LogP contribution in [0.4, 0.5) is 0 Å². The van der Waals surface area contributed by atoms with Gasteiger partial charge in [0.15, 0.2) is 5.96 Å². The van der Waals surface area contributed by atoms with Crippen molar-refractivity contribution in [3.63, 3.8) is 0 Å². The first-order valence-electron chi connectivity index (χ1n) is 10.2. The summed E-state index contributed by atoms with van der Waals surface area (Å²) in [5, 5.41) is 7.23. The second-order valence-corrected chi connectivity index (χ2v) is 9.49. The van der Waals surface area contributed by atoms with E-state index in [1.807, 2.05) is 39.2 Å². The maximum atomic E-state index is 12.2. The van der Waals surface area contributed by atoms with Gasteiger partial charge in [-0.3, -0.25) is 9.20 Å². The van der Waals surface area contributed by atoms with Gasteiger partial charge in [-0.15, -0.1) is 0 Å². The average Bonchev–Trinajstić information content (AvgIpc) is 2.71. The zero-order valence-corrected chi connectivity index (χ0v) is 18.6. The van der Waals surface area contributed by atoms with Gasteiger partial charge in [0.1, 0.15) is 12.4 Å². The van der Waals surface area contributed by atoms with Gasteiger partial charge in [0.2, 0.25) is 0 Å². The lowest BCUT2D eigenvalue weighted by atomic mass is 9.95. The van der Waals surface area contributed by atoms with E-state index >= 15 is 0 Å². The molecule has 1 fully saturated rings. The van der Waals surface area contributed by atoms with Crippen LogP contribution in [0.5, 0.6) is 5.75 Å². The Labute approximate surface area is 172 Å². The van der Waals surface area contributed by atoms with Gasteiger partial charge in [-0.25, -0.2) is 0 Å². The molecule has 2 N–H and O–H groups in total. The smallest absolute Gasteiger partial charge is 0.191 e. The third-order valence-electron chi connectivity index (χ3n) is 5.06. The molecule has 0 aliphatic heterocycles. The zero-order chi connectivity index (χ0) is 20.4. The molecule has 158 valence electrons. The Kier molecular flexibility index (Phi) is 9.78. The van der Waals surface area contributed by atoms with Gasteiger partial charge in [0.05, 0.1) is 0 Å². The van der Waals surface area contributed by atoms with Crippen LogP contribution in [0.1, 0.15) is 38.2 Å². The first-order valence-corrected chi connectivity index (χ1v) is 11.6. The normalized spacial score (nSPS) is 21.4. The van der Waals surface area contributed by atoms with Crippen LogP contribution in [0.25, 0.3) is 0 Å². The molecule has 3 atom stereocenters. The fourth-order valence-electron chi connectivity index (χ4n) is 3.45. The van der Waals surface area contributed by atoms with Gasteiger partial charge in [-0.2, -0.15) is 0 Å². The van der Waals surface area contributed by atoms with Crippen LogP contribution in [-0.4, -0.2) is 66.4 Å². The highest BCUT2D eigenvalue weighted by Crippen LogP contribution is 2.23. The van der Waals surface area contributed by atoms with Crippen LogP contribution < -0.4 is 15.4 Å². The highest BCUT2D eigenvalue weighted by molar-refractivity contribution is 7.85. The number of ether oxygens (including phenoxy) is 1. The molecule has 28 heavy (non-hydrogen) atoms. The summed E-state index contributed by atoms with van der Waals surface area (Å²) < 4.78 is 18.1. The number of likely N-dealkylation sites (N-methyl/N-ethyl adjacent to an activating group) is 1. The Bertz CT molecular complexity index is 651. The highest BCUT2D eigenvalue weighted by Gasteiger charge is 2.26. The van der Waals surface area contributed by atoms with Crippen LogP contribution in [0.2, 0.25) is 0 Å². The minimum Gasteiger partial charge on any atom is -0.492 e. The van der Waals surface area contributed by atoms with Gasteiger partial charge in [-0.1, -0.05) is 31.5 Å². The number of guanidine groups is 1. The molecule has 0 bridgehead atoms. The van der Waals surface area contributed by atoms with Crippen molar-refractivity contribution in [2.45, 2.75) is 50.4 Å². The van der Waals surface area contributed by atoms with E-state index in [-0.39, 0.29) is 0 Å². The third-order valence-corrected chi connectivity index (χ3v) is 6.80. The largest absolute Gasteiger partial charge is 0.492 e. The Balaban J connectivity index is 1.88. The van der Waals surface area contributed by atoms with Crippen LogP contribution >= 0.6 is 0 Å². The molecule has 0 heterocycles. The lowest BCUT2D eigenvalue weighted by Gasteiger charge is -2.30. The van der Waals surface area contributed by atoms with Crippen LogP contribution in [0.15, 0.2) is 29.3 Å². The Morgan fingerprint density at radius 2 is 2.11 bits per heavy atom. The summed E-state index contributed by atoms with van der Waals surface area (Å²) in [6.45, 7) is 4.20. The van der Waals surface area contributed by atoms with Gasteiger partial charge in [-0.05, 0) is 39.4 Å². The van der Waals surface area contributed by atoms with E-state index in [0.717, 1.165) is 55.3 Å². The van der Waals surface area contributed by atoms with Crippen LogP contribution in [0.3, 0.4) is 0 Å². The van der Waals surface area contributed by atoms with Crippen molar-refractivity contribution in [3.8, 4) is 5.75 Å². The van der Waals surface area contributed by atoms with Gasteiger partial charge >= 0.3 is 0 Å². The first-order chi connectivity index (χ1) is 13.5. The van der Waals surface area contributed by atoms with Gasteiger partial charge in [0.25, 0.3) is 0 Å². The van der Waals surface area contributed by atoms with E-state index < -0.39 is 10.8 Å². The van der Waals surface area contributed by atoms with Crippen LogP contribution in [0, 0.1) is 0 Å². The van der Waals surface area contributed by atoms with Crippen molar-refractivity contribution >= 4 is 16.8 Å². The van der Waals surface area contributed by atoms with E-state index in [1.165, 1.54) is 0 Å². The number of nitrogens with one attached hydrogen (secondary N) is 2. The average molecular weight is 409 g/mol. The van der Waals surface area contributed by atoms with E-state index in [0.29, 0.717) is 24.4 Å². The molecule has 0 spiro atoms. The maximum absolute atomic E-state index is 12.2. The number of nitrogens with zero attached hydrogens (tertiary/aromatic N) is 2. The number of aliphatic imine (C=N–C) groups is 1. The highest BCUT2D eigenvalue weighted by atomic mass is 32.2. The zero-order valence-electron chi connectivity index (χ0n) is 17.7. The van der Waals surface area contributed by atoms with Gasteiger partial charge < -0.3 is 20.3 Å². The van der Waals surface area contributed by atoms with Crippen molar-refractivity contribution in [2.24, 2.45) is 4.99 Å². The topological polar surface area (TPSA) is 66.0 Å². The molecule has 0 amide bonds. The molecule has 2 rings (SSSR count). The number of para-hydroxylation sites is 1. The summed E-state index contributed by atoms with van der Waals surface area (Å²) in [5.74, 6) is 2.44. The van der Waals surface area contributed by atoms with Crippen molar-refractivity contribution in [3.05, 3.63) is 29.8 Å². The first kappa shape index (κ1) is 22.7. The molecule has 1 aliphatic carbocycles. The minimum atomic E-state index is -0.715. The predicted molar refractivity (Wildman–Crippen MR) is 119 cm³/mol. The SMILES string of the molecule is CCS(=O)C1CCCC(NC(=NC)NCc2ccccc2OCCN(C)C)C1. The summed E-state index contributed by atoms with van der Waals surface area (Å²) in [7, 11) is 5.16. The van der Waals surface area contributed by atoms with Crippen molar-refractivity contribution in [2.75, 3.05) is 40.0 Å². The monoisotopic (exact) mass is 408 g/mol. The van der Waals surface area contributed by atoms with E-state index in [4.69, 9.17) is 4.74 Å². The molecule has 1 saturated carbocycles. The van der Waals surface area contributed by atoms with Crippen molar-refractivity contribution in [1.29, 1.82) is 0 Å². The fourth-order valence-corrected chi connectivity index (χ4v) is 4.79. The Hall–Kier alpha value is -1.60. The van der Waals surface area contributed by atoms with Gasteiger partial charge in [0, 0.05) is 53.5 Å². The summed E-state index contributed by atoms with van der Waals surface area (Å²) in [6, 6.07) is 8.43. The van der Waals surface area contributed by atoms with Crippen molar-refractivity contribution < 1.29 is 8.95 Å². The third kappa shape index (κ3) is 7.43. The number of benzene rings is 1. The Morgan fingerprint density at radius 1 is 1.32 bits per heavy atom. The quantitative estimate of drug-likeness (QED) is 0.485. The molecule has 0 aromatic heterocycles. The lowest BCUT2D eigenvalue weighted by Crippen LogP contribution is -2.46. The number of hydrogen-bond acceptors (Lipinski definition) is 4. The molecule has 1 aromatic carbocycles. The van der Waals surface area contributed by atoms with E-state index in [2.05, 4.69) is 26.6 Å².